The Morgan fingerprint density at radius 3 is 2.68 bits per heavy atom. The Labute approximate surface area is 147 Å². The van der Waals surface area contributed by atoms with Crippen molar-refractivity contribution in [1.82, 2.24) is 15.2 Å². The third-order valence-electron chi connectivity index (χ3n) is 4.81. The molecule has 1 fully saturated rings. The van der Waals surface area contributed by atoms with Crippen LogP contribution < -0.4 is 5.32 Å². The van der Waals surface area contributed by atoms with Gasteiger partial charge in [-0.2, -0.15) is 0 Å². The van der Waals surface area contributed by atoms with Crippen molar-refractivity contribution in [3.63, 3.8) is 0 Å². The van der Waals surface area contributed by atoms with Crippen molar-refractivity contribution in [1.29, 1.82) is 0 Å². The Hall–Kier alpha value is -2.50. The van der Waals surface area contributed by atoms with Crippen LogP contribution in [-0.4, -0.2) is 47.6 Å². The summed E-state index contributed by atoms with van der Waals surface area (Å²) < 4.78 is 5.03. The third kappa shape index (κ3) is 3.48. The number of hydrogen-bond acceptors (Lipinski definition) is 3. The molecular weight excluding hydrogens is 318 g/mol. The van der Waals surface area contributed by atoms with Crippen LogP contribution in [-0.2, 0) is 4.74 Å². The Bertz CT molecular complexity index is 789. The molecule has 2 N–H and O–H groups in total. The van der Waals surface area contributed by atoms with E-state index >= 15 is 0 Å². The summed E-state index contributed by atoms with van der Waals surface area (Å²) in [6, 6.07) is 6.06. The quantitative estimate of drug-likeness (QED) is 0.899. The fourth-order valence-electron chi connectivity index (χ4n) is 3.47. The molecule has 6 nitrogen and oxygen atoms in total. The molecule has 0 atom stereocenters. The molecule has 0 aliphatic carbocycles. The highest BCUT2D eigenvalue weighted by molar-refractivity contribution is 6.08. The first-order valence-electron chi connectivity index (χ1n) is 8.81. The van der Waals surface area contributed by atoms with Gasteiger partial charge in [-0.1, -0.05) is 18.2 Å². The summed E-state index contributed by atoms with van der Waals surface area (Å²) in [5, 5.41) is 4.08. The van der Waals surface area contributed by atoms with Crippen LogP contribution >= 0.6 is 0 Å². The molecule has 2 aromatic rings. The highest BCUT2D eigenvalue weighted by atomic mass is 16.6. The monoisotopic (exact) mass is 343 g/mol. The van der Waals surface area contributed by atoms with E-state index < -0.39 is 0 Å². The topological polar surface area (TPSA) is 74.4 Å². The standard InChI is InChI=1S/C19H25N3O3/c1-4-25-19(24)22-10-8-14(9-11-22)21-18(23)16-13(3)20-17-12(2)6-5-7-15(16)17/h5-7,14,20H,4,8-11H2,1-3H3,(H,21,23). The molecule has 134 valence electrons. The number of carbonyl (C=O) groups excluding carboxylic acids is 2. The molecule has 6 heteroatoms. The molecule has 2 amide bonds. The zero-order valence-electron chi connectivity index (χ0n) is 15.0. The molecule has 0 bridgehead atoms. The fourth-order valence-corrected chi connectivity index (χ4v) is 3.47. The van der Waals surface area contributed by atoms with Crippen LogP contribution in [0.2, 0.25) is 0 Å². The maximum absolute atomic E-state index is 12.8. The Kier molecular flexibility index (Phi) is 4.97. The molecule has 1 saturated heterocycles. The number of hydrogen-bond donors (Lipinski definition) is 2. The van der Waals surface area contributed by atoms with Gasteiger partial charge in [-0.05, 0) is 39.2 Å². The van der Waals surface area contributed by atoms with Crippen molar-refractivity contribution in [2.45, 2.75) is 39.7 Å². The van der Waals surface area contributed by atoms with Gasteiger partial charge in [0.1, 0.15) is 0 Å². The SMILES string of the molecule is CCOC(=O)N1CCC(NC(=O)c2c(C)[nH]c3c(C)cccc23)CC1. The largest absolute Gasteiger partial charge is 0.450 e. The number of ether oxygens (including phenoxy) is 1. The summed E-state index contributed by atoms with van der Waals surface area (Å²) in [4.78, 5) is 29.6. The summed E-state index contributed by atoms with van der Waals surface area (Å²) in [5.74, 6) is -0.0519. The first kappa shape index (κ1) is 17.3. The number of aromatic amines is 1. The average Bonchev–Trinajstić information content (AvgIpc) is 2.93. The van der Waals surface area contributed by atoms with Crippen LogP contribution in [0.15, 0.2) is 18.2 Å². The van der Waals surface area contributed by atoms with Crippen LogP contribution in [0.3, 0.4) is 0 Å². The van der Waals surface area contributed by atoms with Gasteiger partial charge in [0.15, 0.2) is 0 Å². The highest BCUT2D eigenvalue weighted by Crippen LogP contribution is 2.25. The van der Waals surface area contributed by atoms with E-state index in [0.717, 1.165) is 35.0 Å². The minimum Gasteiger partial charge on any atom is -0.450 e. The van der Waals surface area contributed by atoms with Gasteiger partial charge in [0.2, 0.25) is 0 Å². The smallest absolute Gasteiger partial charge is 0.409 e. The predicted molar refractivity (Wildman–Crippen MR) is 96.9 cm³/mol. The predicted octanol–water partition coefficient (Wildman–Crippen LogP) is 3.14. The summed E-state index contributed by atoms with van der Waals surface area (Å²) in [6.07, 6.45) is 1.21. The second-order valence-electron chi connectivity index (χ2n) is 6.56. The zero-order chi connectivity index (χ0) is 18.0. The first-order chi connectivity index (χ1) is 12.0. The number of nitrogens with zero attached hydrogens (tertiary/aromatic N) is 1. The van der Waals surface area contributed by atoms with Gasteiger partial charge >= 0.3 is 6.09 Å². The van der Waals surface area contributed by atoms with E-state index in [-0.39, 0.29) is 18.0 Å². The second kappa shape index (κ2) is 7.17. The van der Waals surface area contributed by atoms with E-state index in [2.05, 4.69) is 10.3 Å². The van der Waals surface area contributed by atoms with E-state index in [0.29, 0.717) is 25.3 Å². The number of amides is 2. The van der Waals surface area contributed by atoms with E-state index in [1.165, 1.54) is 0 Å². The summed E-state index contributed by atoms with van der Waals surface area (Å²) in [6.45, 7) is 7.36. The number of aromatic nitrogens is 1. The minimum atomic E-state index is -0.268. The van der Waals surface area contributed by atoms with E-state index in [9.17, 15) is 9.59 Å². The molecule has 1 aliphatic rings. The van der Waals surface area contributed by atoms with Crippen molar-refractivity contribution in [3.8, 4) is 0 Å². The van der Waals surface area contributed by atoms with Crippen LogP contribution in [0, 0.1) is 13.8 Å². The molecule has 0 radical (unpaired) electrons. The molecule has 3 rings (SSSR count). The fraction of sp³-hybridized carbons (Fsp3) is 0.474. The van der Waals surface area contributed by atoms with Crippen LogP contribution in [0.25, 0.3) is 10.9 Å². The molecule has 0 saturated carbocycles. The van der Waals surface area contributed by atoms with E-state index in [1.807, 2.05) is 32.0 Å². The number of para-hydroxylation sites is 1. The highest BCUT2D eigenvalue weighted by Gasteiger charge is 2.26. The van der Waals surface area contributed by atoms with Gasteiger partial charge in [-0.15, -0.1) is 0 Å². The Morgan fingerprint density at radius 1 is 1.28 bits per heavy atom. The summed E-state index contributed by atoms with van der Waals surface area (Å²) >= 11 is 0. The number of H-pyrrole nitrogens is 1. The molecule has 1 aromatic heterocycles. The van der Waals surface area contributed by atoms with Gasteiger partial charge in [-0.25, -0.2) is 4.79 Å². The lowest BCUT2D eigenvalue weighted by Crippen LogP contribution is -2.46. The van der Waals surface area contributed by atoms with Crippen molar-refractivity contribution < 1.29 is 14.3 Å². The Balaban J connectivity index is 1.67. The maximum atomic E-state index is 12.8. The lowest BCUT2D eigenvalue weighted by Gasteiger charge is -2.31. The van der Waals surface area contributed by atoms with E-state index in [1.54, 1.807) is 11.8 Å². The summed E-state index contributed by atoms with van der Waals surface area (Å²) in [7, 11) is 0. The molecule has 1 aliphatic heterocycles. The maximum Gasteiger partial charge on any atom is 0.409 e. The number of nitrogens with one attached hydrogen (secondary N) is 2. The van der Waals surface area contributed by atoms with Gasteiger partial charge in [-0.3, -0.25) is 4.79 Å². The second-order valence-corrected chi connectivity index (χ2v) is 6.56. The molecule has 0 unspecified atom stereocenters. The van der Waals surface area contributed by atoms with Gasteiger partial charge in [0, 0.05) is 35.7 Å². The number of rotatable bonds is 3. The third-order valence-corrected chi connectivity index (χ3v) is 4.81. The van der Waals surface area contributed by atoms with Crippen molar-refractivity contribution in [2.24, 2.45) is 0 Å². The minimum absolute atomic E-state index is 0.0519. The van der Waals surface area contributed by atoms with E-state index in [4.69, 9.17) is 4.74 Å². The normalized spacial score (nSPS) is 15.4. The van der Waals surface area contributed by atoms with Crippen LogP contribution in [0.4, 0.5) is 4.79 Å². The molecular formula is C19H25N3O3. The number of aryl methyl sites for hydroxylation is 2. The number of fused-ring (bicyclic) bond motifs is 1. The van der Waals surface area contributed by atoms with Crippen molar-refractivity contribution in [3.05, 3.63) is 35.0 Å². The van der Waals surface area contributed by atoms with Crippen LogP contribution in [0.5, 0.6) is 0 Å². The zero-order valence-corrected chi connectivity index (χ0v) is 15.0. The first-order valence-corrected chi connectivity index (χ1v) is 8.81. The lowest BCUT2D eigenvalue weighted by molar-refractivity contribution is 0.0861. The lowest BCUT2D eigenvalue weighted by atomic mass is 10.0. The number of likely N-dealkylation sites (tertiary alicyclic amines) is 1. The average molecular weight is 343 g/mol. The van der Waals surface area contributed by atoms with Crippen molar-refractivity contribution in [2.75, 3.05) is 19.7 Å². The number of carbonyl (C=O) groups is 2. The van der Waals surface area contributed by atoms with Crippen molar-refractivity contribution >= 4 is 22.9 Å². The molecule has 25 heavy (non-hydrogen) atoms. The van der Waals surface area contributed by atoms with Gasteiger partial charge in [0.05, 0.1) is 12.2 Å². The van der Waals surface area contributed by atoms with Gasteiger partial charge < -0.3 is 19.9 Å². The Morgan fingerprint density at radius 2 is 2.00 bits per heavy atom. The molecule has 2 heterocycles. The number of benzene rings is 1. The van der Waals surface area contributed by atoms with Crippen LogP contribution in [0.1, 0.15) is 41.4 Å². The number of piperidine rings is 1. The van der Waals surface area contributed by atoms with Gasteiger partial charge in [0.25, 0.3) is 5.91 Å². The molecule has 1 aromatic carbocycles. The molecule has 0 spiro atoms. The summed E-state index contributed by atoms with van der Waals surface area (Å²) in [5.41, 5.74) is 3.74.